The van der Waals surface area contributed by atoms with E-state index in [4.69, 9.17) is 9.47 Å². The Morgan fingerprint density at radius 2 is 1.48 bits per heavy atom. The molecule has 0 radical (unpaired) electrons. The number of imide groups is 1. The van der Waals surface area contributed by atoms with Gasteiger partial charge < -0.3 is 14.8 Å². The number of urea groups is 1. The van der Waals surface area contributed by atoms with Crippen molar-refractivity contribution in [1.29, 1.82) is 0 Å². The summed E-state index contributed by atoms with van der Waals surface area (Å²) in [5, 5.41) is 3.71. The zero-order chi connectivity index (χ0) is 24.2. The molecule has 0 spiro atoms. The normalized spacial score (nSPS) is 11.0. The first kappa shape index (κ1) is 23.5. The molecule has 0 fully saturated rings. The van der Waals surface area contributed by atoms with E-state index in [9.17, 15) is 31.5 Å². The quantitative estimate of drug-likeness (QED) is 0.470. The Balaban J connectivity index is 1.89. The van der Waals surface area contributed by atoms with E-state index in [2.05, 4.69) is 0 Å². The lowest BCUT2D eigenvalue weighted by Crippen LogP contribution is -2.35. The molecule has 3 aromatic rings. The molecule has 0 aromatic heterocycles. The van der Waals surface area contributed by atoms with Crippen LogP contribution in [0.2, 0.25) is 0 Å². The first-order chi connectivity index (χ1) is 15.6. The summed E-state index contributed by atoms with van der Waals surface area (Å²) in [4.78, 5) is 24.4. The number of benzene rings is 3. The fourth-order valence-electron chi connectivity index (χ4n) is 2.75. The molecule has 0 aliphatic heterocycles. The van der Waals surface area contributed by atoms with Crippen LogP contribution in [0.1, 0.15) is 15.9 Å². The Labute approximate surface area is 183 Å². The van der Waals surface area contributed by atoms with E-state index in [1.807, 2.05) is 5.32 Å². The van der Waals surface area contributed by atoms with Gasteiger partial charge in [-0.2, -0.15) is 13.2 Å². The van der Waals surface area contributed by atoms with Gasteiger partial charge in [0.15, 0.2) is 17.2 Å². The SMILES string of the molecule is COc1ccccc1Oc1ccc(C(F)(F)F)cc1NC(=O)NC(=O)c1c(F)cccc1F. The number of hydrogen-bond donors (Lipinski definition) is 2. The van der Waals surface area contributed by atoms with Crippen LogP contribution in [0.15, 0.2) is 60.7 Å². The van der Waals surface area contributed by atoms with Crippen molar-refractivity contribution < 1.29 is 41.0 Å². The Bertz CT molecular complexity index is 1180. The van der Waals surface area contributed by atoms with Crippen LogP contribution in [-0.2, 0) is 6.18 Å². The summed E-state index contributed by atoms with van der Waals surface area (Å²) < 4.78 is 77.7. The van der Waals surface area contributed by atoms with Gasteiger partial charge in [0.2, 0.25) is 0 Å². The maximum atomic E-state index is 13.8. The highest BCUT2D eigenvalue weighted by Crippen LogP contribution is 2.39. The predicted octanol–water partition coefficient (Wildman–Crippen LogP) is 5.75. The average Bonchev–Trinajstić information content (AvgIpc) is 2.74. The highest BCUT2D eigenvalue weighted by molar-refractivity contribution is 6.08. The number of halogens is 5. The summed E-state index contributed by atoms with van der Waals surface area (Å²) in [6.07, 6.45) is -4.75. The van der Waals surface area contributed by atoms with Crippen molar-refractivity contribution in [2.45, 2.75) is 6.18 Å². The second-order valence-electron chi connectivity index (χ2n) is 6.47. The number of amides is 3. The fourth-order valence-corrected chi connectivity index (χ4v) is 2.75. The van der Waals surface area contributed by atoms with E-state index in [1.54, 1.807) is 23.5 Å². The zero-order valence-corrected chi connectivity index (χ0v) is 16.8. The Hall–Kier alpha value is -4.15. The average molecular weight is 466 g/mol. The van der Waals surface area contributed by atoms with E-state index >= 15 is 0 Å². The fraction of sp³-hybridized carbons (Fsp3) is 0.0909. The van der Waals surface area contributed by atoms with Gasteiger partial charge in [-0.15, -0.1) is 0 Å². The minimum absolute atomic E-state index is 0.132. The molecule has 0 bridgehead atoms. The monoisotopic (exact) mass is 466 g/mol. The molecular formula is C22H15F5N2O4. The number of alkyl halides is 3. The minimum Gasteiger partial charge on any atom is -0.493 e. The maximum absolute atomic E-state index is 13.8. The van der Waals surface area contributed by atoms with E-state index in [-0.39, 0.29) is 17.2 Å². The number of ether oxygens (including phenoxy) is 2. The van der Waals surface area contributed by atoms with E-state index in [0.717, 1.165) is 30.3 Å². The minimum atomic E-state index is -4.75. The summed E-state index contributed by atoms with van der Waals surface area (Å²) in [6, 6.07) is 9.81. The van der Waals surface area contributed by atoms with Crippen LogP contribution in [-0.4, -0.2) is 19.0 Å². The number of anilines is 1. The molecule has 0 aliphatic rings. The molecule has 3 amide bonds. The van der Waals surface area contributed by atoms with Crippen molar-refractivity contribution in [2.24, 2.45) is 0 Å². The van der Waals surface area contributed by atoms with Gasteiger partial charge in [-0.05, 0) is 42.5 Å². The number of nitrogens with one attached hydrogen (secondary N) is 2. The molecule has 0 unspecified atom stereocenters. The van der Waals surface area contributed by atoms with Crippen LogP contribution in [0.5, 0.6) is 17.2 Å². The lowest BCUT2D eigenvalue weighted by Gasteiger charge is -2.16. The van der Waals surface area contributed by atoms with Gasteiger partial charge in [0.1, 0.15) is 17.2 Å². The summed E-state index contributed by atoms with van der Waals surface area (Å²) >= 11 is 0. The first-order valence-corrected chi connectivity index (χ1v) is 9.18. The van der Waals surface area contributed by atoms with E-state index in [1.165, 1.54) is 13.2 Å². The highest BCUT2D eigenvalue weighted by atomic mass is 19.4. The predicted molar refractivity (Wildman–Crippen MR) is 107 cm³/mol. The van der Waals surface area contributed by atoms with Gasteiger partial charge in [-0.25, -0.2) is 13.6 Å². The maximum Gasteiger partial charge on any atom is 0.416 e. The van der Waals surface area contributed by atoms with E-state index in [0.29, 0.717) is 6.07 Å². The molecule has 11 heteroatoms. The van der Waals surface area contributed by atoms with Crippen LogP contribution in [0.25, 0.3) is 0 Å². The van der Waals surface area contributed by atoms with Crippen molar-refractivity contribution in [3.05, 3.63) is 83.4 Å². The molecule has 172 valence electrons. The van der Waals surface area contributed by atoms with Crippen molar-refractivity contribution in [1.82, 2.24) is 5.32 Å². The summed E-state index contributed by atoms with van der Waals surface area (Å²) in [6.45, 7) is 0. The summed E-state index contributed by atoms with van der Waals surface area (Å²) in [5.74, 6) is -3.70. The smallest absolute Gasteiger partial charge is 0.416 e. The van der Waals surface area contributed by atoms with E-state index < -0.39 is 46.6 Å². The van der Waals surface area contributed by atoms with Crippen LogP contribution >= 0.6 is 0 Å². The van der Waals surface area contributed by atoms with Gasteiger partial charge in [-0.3, -0.25) is 10.1 Å². The largest absolute Gasteiger partial charge is 0.493 e. The lowest BCUT2D eigenvalue weighted by atomic mass is 10.1. The zero-order valence-electron chi connectivity index (χ0n) is 16.8. The molecule has 6 nitrogen and oxygen atoms in total. The van der Waals surface area contributed by atoms with Gasteiger partial charge in [-0.1, -0.05) is 18.2 Å². The standard InChI is InChI=1S/C22H15F5N2O4/c1-32-17-7-2-3-8-18(17)33-16-10-9-12(22(25,26)27)11-15(16)28-21(31)29-20(30)19-13(23)5-4-6-14(19)24/h2-11H,1H3,(H2,28,29,30,31). The van der Waals surface area contributed by atoms with Gasteiger partial charge >= 0.3 is 12.2 Å². The number of para-hydroxylation sites is 2. The number of hydrogen-bond acceptors (Lipinski definition) is 4. The molecule has 0 saturated carbocycles. The van der Waals surface area contributed by atoms with Crippen molar-refractivity contribution >= 4 is 17.6 Å². The van der Waals surface area contributed by atoms with Crippen LogP contribution in [0.3, 0.4) is 0 Å². The van der Waals surface area contributed by atoms with Crippen LogP contribution in [0, 0.1) is 11.6 Å². The number of rotatable bonds is 5. The molecule has 33 heavy (non-hydrogen) atoms. The van der Waals surface area contributed by atoms with Crippen molar-refractivity contribution in [3.8, 4) is 17.2 Å². The van der Waals surface area contributed by atoms with Crippen LogP contribution < -0.4 is 20.1 Å². The van der Waals surface area contributed by atoms with Crippen molar-refractivity contribution in [2.75, 3.05) is 12.4 Å². The molecule has 0 heterocycles. The molecule has 3 aromatic carbocycles. The van der Waals surface area contributed by atoms with Gasteiger partial charge in [0.25, 0.3) is 5.91 Å². The highest BCUT2D eigenvalue weighted by Gasteiger charge is 2.32. The topological polar surface area (TPSA) is 76.7 Å². The van der Waals surface area contributed by atoms with Crippen LogP contribution in [0.4, 0.5) is 32.4 Å². The molecule has 3 rings (SSSR count). The second kappa shape index (κ2) is 9.55. The summed E-state index contributed by atoms with van der Waals surface area (Å²) in [7, 11) is 1.36. The molecule has 0 saturated heterocycles. The molecular weight excluding hydrogens is 451 g/mol. The summed E-state index contributed by atoms with van der Waals surface area (Å²) in [5.41, 5.74) is -2.60. The third-order valence-electron chi connectivity index (χ3n) is 4.26. The van der Waals surface area contributed by atoms with Gasteiger partial charge in [0.05, 0.1) is 18.4 Å². The molecule has 0 aliphatic carbocycles. The third kappa shape index (κ3) is 5.56. The Morgan fingerprint density at radius 1 is 0.848 bits per heavy atom. The van der Waals surface area contributed by atoms with Gasteiger partial charge in [0, 0.05) is 0 Å². The van der Waals surface area contributed by atoms with Crippen molar-refractivity contribution in [3.63, 3.8) is 0 Å². The Morgan fingerprint density at radius 3 is 2.09 bits per heavy atom. The Kier molecular flexibility index (Phi) is 6.80. The number of carbonyl (C=O) groups excluding carboxylic acids is 2. The lowest BCUT2D eigenvalue weighted by molar-refractivity contribution is -0.137. The first-order valence-electron chi connectivity index (χ1n) is 9.18. The number of carbonyl (C=O) groups is 2. The molecule has 2 N–H and O–H groups in total. The molecule has 0 atom stereocenters. The second-order valence-corrected chi connectivity index (χ2v) is 6.47. The third-order valence-corrected chi connectivity index (χ3v) is 4.26. The number of methoxy groups -OCH3 is 1.